The van der Waals surface area contributed by atoms with Gasteiger partial charge >= 0.3 is 12.1 Å². The van der Waals surface area contributed by atoms with Crippen molar-refractivity contribution in [3.63, 3.8) is 0 Å². The maximum Gasteiger partial charge on any atom is 0.410 e. The molecule has 0 aromatic carbocycles. The Morgan fingerprint density at radius 3 is 2.70 bits per heavy atom. The van der Waals surface area contributed by atoms with Gasteiger partial charge in [0.05, 0.1) is 5.75 Å². The van der Waals surface area contributed by atoms with Gasteiger partial charge in [-0.05, 0) is 39.5 Å². The van der Waals surface area contributed by atoms with E-state index in [1.807, 2.05) is 20.8 Å². The molecule has 0 aromatic rings. The minimum atomic E-state index is -0.483. The fourth-order valence-corrected chi connectivity index (χ4v) is 3.79. The summed E-state index contributed by atoms with van der Waals surface area (Å²) in [6.07, 6.45) is 3.35. The van der Waals surface area contributed by atoms with E-state index in [2.05, 4.69) is 6.58 Å². The third kappa shape index (κ3) is 5.16. The Morgan fingerprint density at radius 1 is 1.30 bits per heavy atom. The molecule has 1 heterocycles. The van der Waals surface area contributed by atoms with Crippen LogP contribution in [0.25, 0.3) is 0 Å². The highest BCUT2D eigenvalue weighted by molar-refractivity contribution is 8.00. The predicted molar refractivity (Wildman–Crippen MR) is 91.4 cm³/mol. The first-order valence-electron chi connectivity index (χ1n) is 8.16. The van der Waals surface area contributed by atoms with Crippen molar-refractivity contribution in [2.24, 2.45) is 11.8 Å². The lowest BCUT2D eigenvalue weighted by atomic mass is 9.99. The molecule has 130 valence electrons. The van der Waals surface area contributed by atoms with Gasteiger partial charge < -0.3 is 14.4 Å². The number of rotatable bonds is 5. The van der Waals surface area contributed by atoms with Crippen molar-refractivity contribution in [3.8, 4) is 0 Å². The van der Waals surface area contributed by atoms with Crippen molar-refractivity contribution in [3.05, 3.63) is 12.7 Å². The first-order valence-corrected chi connectivity index (χ1v) is 9.31. The minimum Gasteiger partial charge on any atom is -0.461 e. The van der Waals surface area contributed by atoms with Gasteiger partial charge in [0.2, 0.25) is 0 Å². The summed E-state index contributed by atoms with van der Waals surface area (Å²) in [4.78, 5) is 25.8. The molecule has 1 saturated carbocycles. The predicted octanol–water partition coefficient (Wildman–Crippen LogP) is 3.09. The van der Waals surface area contributed by atoms with Crippen LogP contribution in [0, 0.1) is 11.8 Å². The molecule has 5 nitrogen and oxygen atoms in total. The van der Waals surface area contributed by atoms with Gasteiger partial charge in [0.1, 0.15) is 11.7 Å². The first kappa shape index (κ1) is 18.2. The number of ether oxygens (including phenoxy) is 2. The molecular formula is C17H27NO4S. The molecule has 0 N–H and O–H groups in total. The summed E-state index contributed by atoms with van der Waals surface area (Å²) >= 11 is 1.50. The number of fused-ring (bicyclic) bond motifs is 1. The average molecular weight is 341 g/mol. The third-order valence-corrected chi connectivity index (χ3v) is 5.09. The molecular weight excluding hydrogens is 314 g/mol. The second-order valence-electron chi connectivity index (χ2n) is 7.22. The smallest absolute Gasteiger partial charge is 0.410 e. The van der Waals surface area contributed by atoms with Gasteiger partial charge in [0.25, 0.3) is 0 Å². The zero-order valence-electron chi connectivity index (χ0n) is 14.2. The molecule has 2 fully saturated rings. The Bertz CT molecular complexity index is 460. The fourth-order valence-electron chi connectivity index (χ4n) is 3.27. The number of amides is 1. The molecule has 1 saturated heterocycles. The zero-order valence-corrected chi connectivity index (χ0v) is 15.1. The van der Waals surface area contributed by atoms with Crippen LogP contribution in [0.1, 0.15) is 33.6 Å². The van der Waals surface area contributed by atoms with Crippen LogP contribution in [-0.4, -0.2) is 53.3 Å². The van der Waals surface area contributed by atoms with E-state index < -0.39 is 5.60 Å². The number of likely N-dealkylation sites (tertiary alicyclic amines) is 1. The molecule has 3 atom stereocenters. The van der Waals surface area contributed by atoms with Crippen molar-refractivity contribution < 1.29 is 19.1 Å². The SMILES string of the molecule is C=CCSCC(=O)O[C@@H]1CC[C@H]2CN(C(=O)OC(C)(C)C)C[C@@H]21. The summed E-state index contributed by atoms with van der Waals surface area (Å²) in [5.74, 6) is 1.60. The number of hydrogen-bond donors (Lipinski definition) is 0. The lowest BCUT2D eigenvalue weighted by molar-refractivity contribution is -0.147. The highest BCUT2D eigenvalue weighted by atomic mass is 32.2. The van der Waals surface area contributed by atoms with Crippen LogP contribution < -0.4 is 0 Å². The van der Waals surface area contributed by atoms with Gasteiger partial charge in [-0.1, -0.05) is 6.08 Å². The van der Waals surface area contributed by atoms with E-state index in [1.54, 1.807) is 11.0 Å². The molecule has 23 heavy (non-hydrogen) atoms. The van der Waals surface area contributed by atoms with Crippen molar-refractivity contribution in [2.45, 2.75) is 45.3 Å². The van der Waals surface area contributed by atoms with Crippen LogP contribution in [0.2, 0.25) is 0 Å². The summed E-state index contributed by atoms with van der Waals surface area (Å²) < 4.78 is 11.1. The maximum atomic E-state index is 12.2. The quantitative estimate of drug-likeness (QED) is 0.437. The van der Waals surface area contributed by atoms with Crippen molar-refractivity contribution in [1.29, 1.82) is 0 Å². The van der Waals surface area contributed by atoms with E-state index in [1.165, 1.54) is 11.8 Å². The summed E-state index contributed by atoms with van der Waals surface area (Å²) in [6.45, 7) is 10.6. The van der Waals surface area contributed by atoms with Gasteiger partial charge in [-0.25, -0.2) is 4.79 Å². The largest absolute Gasteiger partial charge is 0.461 e. The van der Waals surface area contributed by atoms with E-state index >= 15 is 0 Å². The van der Waals surface area contributed by atoms with Crippen LogP contribution in [0.4, 0.5) is 4.79 Å². The number of carbonyl (C=O) groups excluding carboxylic acids is 2. The van der Waals surface area contributed by atoms with Crippen LogP contribution in [0.3, 0.4) is 0 Å². The van der Waals surface area contributed by atoms with E-state index in [-0.39, 0.29) is 24.1 Å². The Balaban J connectivity index is 1.83. The number of esters is 1. The van der Waals surface area contributed by atoms with Gasteiger partial charge in [0, 0.05) is 24.8 Å². The van der Waals surface area contributed by atoms with Crippen molar-refractivity contribution >= 4 is 23.8 Å². The molecule has 1 amide bonds. The third-order valence-electron chi connectivity index (χ3n) is 4.18. The number of thioether (sulfide) groups is 1. The number of nitrogens with zero attached hydrogens (tertiary/aromatic N) is 1. The topological polar surface area (TPSA) is 55.8 Å². The maximum absolute atomic E-state index is 12.2. The molecule has 0 aromatic heterocycles. The van der Waals surface area contributed by atoms with Crippen molar-refractivity contribution in [1.82, 2.24) is 4.90 Å². The lowest BCUT2D eigenvalue weighted by Gasteiger charge is -2.25. The Hall–Kier alpha value is -1.17. The van der Waals surface area contributed by atoms with E-state index in [0.29, 0.717) is 24.8 Å². The summed E-state index contributed by atoms with van der Waals surface area (Å²) in [6, 6.07) is 0. The van der Waals surface area contributed by atoms with E-state index in [9.17, 15) is 9.59 Å². The Labute approximate surface area is 142 Å². The highest BCUT2D eigenvalue weighted by Gasteiger charge is 2.46. The number of carbonyl (C=O) groups is 2. The molecule has 1 aliphatic heterocycles. The summed E-state index contributed by atoms with van der Waals surface area (Å²) in [7, 11) is 0. The van der Waals surface area contributed by atoms with E-state index in [4.69, 9.17) is 9.47 Å². The molecule has 0 radical (unpaired) electrons. The highest BCUT2D eigenvalue weighted by Crippen LogP contribution is 2.40. The van der Waals surface area contributed by atoms with Crippen LogP contribution in [-0.2, 0) is 14.3 Å². The van der Waals surface area contributed by atoms with Crippen molar-refractivity contribution in [2.75, 3.05) is 24.6 Å². The standard InChI is InChI=1S/C17H27NO4S/c1-5-8-23-11-15(19)21-14-7-6-12-9-18(10-13(12)14)16(20)22-17(2,3)4/h5,12-14H,1,6-11H2,2-4H3/t12-,13-,14+/m0/s1. The van der Waals surface area contributed by atoms with Gasteiger partial charge in [-0.3, -0.25) is 4.79 Å². The average Bonchev–Trinajstić information content (AvgIpc) is 2.99. The zero-order chi connectivity index (χ0) is 17.0. The Kier molecular flexibility index (Phi) is 6.00. The van der Waals surface area contributed by atoms with Crippen LogP contribution >= 0.6 is 11.8 Å². The number of hydrogen-bond acceptors (Lipinski definition) is 5. The molecule has 2 rings (SSSR count). The molecule has 1 aliphatic carbocycles. The van der Waals surface area contributed by atoms with E-state index in [0.717, 1.165) is 18.6 Å². The first-order chi connectivity index (χ1) is 10.8. The monoisotopic (exact) mass is 341 g/mol. The van der Waals surface area contributed by atoms with Crippen LogP contribution in [0.15, 0.2) is 12.7 Å². The fraction of sp³-hybridized carbons (Fsp3) is 0.765. The second kappa shape index (κ2) is 7.60. The summed E-state index contributed by atoms with van der Waals surface area (Å²) in [5, 5.41) is 0. The molecule has 0 spiro atoms. The molecule has 0 unspecified atom stereocenters. The van der Waals surface area contributed by atoms with Gasteiger partial charge in [-0.2, -0.15) is 0 Å². The summed E-state index contributed by atoms with van der Waals surface area (Å²) in [5.41, 5.74) is -0.483. The minimum absolute atomic E-state index is 0.0655. The van der Waals surface area contributed by atoms with Crippen LogP contribution in [0.5, 0.6) is 0 Å². The Morgan fingerprint density at radius 2 is 2.04 bits per heavy atom. The van der Waals surface area contributed by atoms with Gasteiger partial charge in [0.15, 0.2) is 0 Å². The van der Waals surface area contributed by atoms with Gasteiger partial charge in [-0.15, -0.1) is 18.3 Å². The molecule has 6 heteroatoms. The molecule has 2 aliphatic rings. The second-order valence-corrected chi connectivity index (χ2v) is 8.25. The lowest BCUT2D eigenvalue weighted by Crippen LogP contribution is -2.37. The molecule has 0 bridgehead atoms. The normalized spacial score (nSPS) is 26.7.